The van der Waals surface area contributed by atoms with Crippen molar-refractivity contribution in [3.05, 3.63) is 21.8 Å². The Morgan fingerprint density at radius 2 is 2.23 bits per heavy atom. The highest BCUT2D eigenvalue weighted by Crippen LogP contribution is 2.38. The van der Waals surface area contributed by atoms with E-state index < -0.39 is 0 Å². The maximum absolute atomic E-state index is 9.33. The zero-order valence-corrected chi connectivity index (χ0v) is 10.7. The molecular weight excluding hydrogens is 315 g/mol. The van der Waals surface area contributed by atoms with Gasteiger partial charge >= 0.3 is 0 Å². The number of phenolic OH excluding ortho intramolecular Hbond substituents is 1. The Balaban J connectivity index is 2.77. The molecule has 0 bridgehead atoms. The van der Waals surface area contributed by atoms with Crippen molar-refractivity contribution in [2.45, 2.75) is 4.21 Å². The molecule has 1 nitrogen and oxygen atoms in total. The number of thiophene rings is 1. The number of aromatic hydroxyl groups is 1. The number of hydrogen-bond donors (Lipinski definition) is 1. The van der Waals surface area contributed by atoms with Crippen molar-refractivity contribution >= 4 is 55.8 Å². The molecule has 1 heterocycles. The average Bonchev–Trinajstić information content (AvgIpc) is 2.44. The van der Waals surface area contributed by atoms with Gasteiger partial charge in [0, 0.05) is 13.7 Å². The van der Waals surface area contributed by atoms with Gasteiger partial charge in [-0.25, -0.2) is 0 Å². The molecule has 68 valence electrons. The Kier molecular flexibility index (Phi) is 2.71. The summed E-state index contributed by atoms with van der Waals surface area (Å²) < 4.78 is 3.81. The summed E-state index contributed by atoms with van der Waals surface area (Å²) in [6, 6.07) is 5.53. The van der Waals surface area contributed by atoms with Gasteiger partial charge in [-0.05, 0) is 47.0 Å². The SMILES string of the molecule is CSc1sc2ccc(O)cc2c1I. The minimum Gasteiger partial charge on any atom is -0.508 e. The summed E-state index contributed by atoms with van der Waals surface area (Å²) in [6.07, 6.45) is 2.08. The molecule has 0 unspecified atom stereocenters. The minimum atomic E-state index is 0.343. The van der Waals surface area contributed by atoms with Crippen LogP contribution in [0.4, 0.5) is 0 Å². The lowest BCUT2D eigenvalue weighted by atomic mass is 10.2. The number of halogens is 1. The zero-order valence-electron chi connectivity index (χ0n) is 6.87. The van der Waals surface area contributed by atoms with E-state index in [0.29, 0.717) is 5.75 Å². The number of fused-ring (bicyclic) bond motifs is 1. The molecule has 0 saturated heterocycles. The van der Waals surface area contributed by atoms with Crippen molar-refractivity contribution in [1.82, 2.24) is 0 Å². The fourth-order valence-corrected chi connectivity index (χ4v) is 4.48. The minimum absolute atomic E-state index is 0.343. The van der Waals surface area contributed by atoms with Crippen LogP contribution in [0.5, 0.6) is 5.75 Å². The number of rotatable bonds is 1. The van der Waals surface area contributed by atoms with E-state index in [1.165, 1.54) is 12.5 Å². The third-order valence-electron chi connectivity index (χ3n) is 1.77. The molecule has 13 heavy (non-hydrogen) atoms. The van der Waals surface area contributed by atoms with E-state index in [1.807, 2.05) is 12.1 Å². The number of hydrogen-bond acceptors (Lipinski definition) is 3. The molecule has 2 rings (SSSR count). The van der Waals surface area contributed by atoms with Gasteiger partial charge in [0.1, 0.15) is 5.75 Å². The molecule has 1 N–H and O–H groups in total. The highest BCUT2D eigenvalue weighted by Gasteiger charge is 2.08. The van der Waals surface area contributed by atoms with Crippen molar-refractivity contribution in [1.29, 1.82) is 0 Å². The maximum Gasteiger partial charge on any atom is 0.116 e. The van der Waals surface area contributed by atoms with Gasteiger partial charge in [-0.2, -0.15) is 0 Å². The Morgan fingerprint density at radius 3 is 2.92 bits per heavy atom. The quantitative estimate of drug-likeness (QED) is 0.634. The highest BCUT2D eigenvalue weighted by molar-refractivity contribution is 14.1. The van der Waals surface area contributed by atoms with Crippen molar-refractivity contribution < 1.29 is 5.11 Å². The standard InChI is InChI=1S/C9H7IOS2/c1-12-9-8(10)6-4-5(11)2-3-7(6)13-9/h2-4,11H,1H3. The van der Waals surface area contributed by atoms with Crippen LogP contribution in [-0.4, -0.2) is 11.4 Å². The summed E-state index contributed by atoms with van der Waals surface area (Å²) in [6.45, 7) is 0. The summed E-state index contributed by atoms with van der Waals surface area (Å²) in [5, 5.41) is 10.5. The van der Waals surface area contributed by atoms with Crippen LogP contribution < -0.4 is 0 Å². The number of thioether (sulfide) groups is 1. The summed E-state index contributed by atoms with van der Waals surface area (Å²) in [5.74, 6) is 0.343. The van der Waals surface area contributed by atoms with Crippen LogP contribution in [0.3, 0.4) is 0 Å². The monoisotopic (exact) mass is 322 g/mol. The van der Waals surface area contributed by atoms with Crippen molar-refractivity contribution in [3.63, 3.8) is 0 Å². The van der Waals surface area contributed by atoms with E-state index >= 15 is 0 Å². The van der Waals surface area contributed by atoms with E-state index in [-0.39, 0.29) is 0 Å². The first kappa shape index (κ1) is 9.61. The Morgan fingerprint density at radius 1 is 1.46 bits per heavy atom. The van der Waals surface area contributed by atoms with Gasteiger partial charge in [-0.1, -0.05) is 0 Å². The van der Waals surface area contributed by atoms with Crippen LogP contribution in [0.15, 0.2) is 22.4 Å². The van der Waals surface area contributed by atoms with Gasteiger partial charge < -0.3 is 5.11 Å². The van der Waals surface area contributed by atoms with E-state index in [1.54, 1.807) is 29.2 Å². The van der Waals surface area contributed by atoms with Crippen LogP contribution in [0.2, 0.25) is 0 Å². The lowest BCUT2D eigenvalue weighted by Crippen LogP contribution is -1.69. The van der Waals surface area contributed by atoms with Gasteiger partial charge in [0.25, 0.3) is 0 Å². The molecule has 0 amide bonds. The molecule has 1 aromatic heterocycles. The van der Waals surface area contributed by atoms with Gasteiger partial charge in [0.15, 0.2) is 0 Å². The third-order valence-corrected chi connectivity index (χ3v) is 5.91. The lowest BCUT2D eigenvalue weighted by Gasteiger charge is -1.92. The van der Waals surface area contributed by atoms with Gasteiger partial charge in [0.05, 0.1) is 4.21 Å². The molecule has 0 spiro atoms. The molecule has 0 radical (unpaired) electrons. The van der Waals surface area contributed by atoms with E-state index in [4.69, 9.17) is 0 Å². The lowest BCUT2D eigenvalue weighted by molar-refractivity contribution is 0.476. The normalized spacial score (nSPS) is 10.9. The predicted molar refractivity (Wildman–Crippen MR) is 68.0 cm³/mol. The number of benzene rings is 1. The van der Waals surface area contributed by atoms with Crippen LogP contribution in [-0.2, 0) is 0 Å². The second-order valence-corrected chi connectivity index (χ2v) is 5.79. The average molecular weight is 322 g/mol. The van der Waals surface area contributed by atoms with E-state index in [2.05, 4.69) is 28.8 Å². The van der Waals surface area contributed by atoms with Gasteiger partial charge in [-0.15, -0.1) is 23.1 Å². The first-order valence-corrected chi connectivity index (χ1v) is 6.79. The Bertz CT molecular complexity index is 450. The van der Waals surface area contributed by atoms with Crippen molar-refractivity contribution in [2.75, 3.05) is 6.26 Å². The molecule has 0 saturated carbocycles. The summed E-state index contributed by atoms with van der Waals surface area (Å²) in [5.41, 5.74) is 0. The van der Waals surface area contributed by atoms with Gasteiger partial charge in [-0.3, -0.25) is 0 Å². The highest BCUT2D eigenvalue weighted by atomic mass is 127. The molecule has 0 atom stereocenters. The smallest absolute Gasteiger partial charge is 0.116 e. The molecule has 0 aliphatic rings. The van der Waals surface area contributed by atoms with Crippen molar-refractivity contribution in [2.24, 2.45) is 0 Å². The molecule has 0 aliphatic carbocycles. The summed E-state index contributed by atoms with van der Waals surface area (Å²) in [7, 11) is 0. The van der Waals surface area contributed by atoms with Crippen LogP contribution >= 0.6 is 45.7 Å². The third kappa shape index (κ3) is 1.67. The van der Waals surface area contributed by atoms with Crippen LogP contribution in [0, 0.1) is 3.57 Å². The zero-order chi connectivity index (χ0) is 9.42. The summed E-state index contributed by atoms with van der Waals surface area (Å²) >= 11 is 5.86. The van der Waals surface area contributed by atoms with E-state index in [9.17, 15) is 5.11 Å². The second-order valence-electron chi connectivity index (χ2n) is 2.59. The molecular formula is C9H7IOS2. The molecule has 0 aliphatic heterocycles. The molecule has 2 aromatic rings. The van der Waals surface area contributed by atoms with E-state index in [0.717, 1.165) is 5.39 Å². The van der Waals surface area contributed by atoms with Gasteiger partial charge in [0.2, 0.25) is 0 Å². The fraction of sp³-hybridized carbons (Fsp3) is 0.111. The maximum atomic E-state index is 9.33. The largest absolute Gasteiger partial charge is 0.508 e. The molecule has 4 heteroatoms. The fourth-order valence-electron chi connectivity index (χ4n) is 1.16. The molecule has 0 fully saturated rings. The molecule has 1 aromatic carbocycles. The Labute approximate surface area is 98.3 Å². The second kappa shape index (κ2) is 3.67. The summed E-state index contributed by atoms with van der Waals surface area (Å²) in [4.78, 5) is 0. The van der Waals surface area contributed by atoms with Crippen molar-refractivity contribution in [3.8, 4) is 5.75 Å². The van der Waals surface area contributed by atoms with Crippen LogP contribution in [0.1, 0.15) is 0 Å². The first-order valence-electron chi connectivity index (χ1n) is 3.67. The number of phenols is 1. The topological polar surface area (TPSA) is 20.2 Å². The Hall–Kier alpha value is 0.0600. The van der Waals surface area contributed by atoms with Crippen LogP contribution in [0.25, 0.3) is 10.1 Å². The predicted octanol–water partition coefficient (Wildman–Crippen LogP) is 3.93. The first-order chi connectivity index (χ1) is 6.22.